The van der Waals surface area contributed by atoms with Crippen molar-refractivity contribution in [1.29, 1.82) is 0 Å². The first-order valence-electron chi connectivity index (χ1n) is 9.83. The minimum atomic E-state index is -4.10. The standard InChI is InChI=1S/C20H26N4O3S/c1-12(2)18-13(3)11-24(22-18)28(26,27)23-20(25)21-19-16-8-4-6-14(16)10-15-7-5-9-17(15)19/h10-12H,4-9H2,1-3H3,(H2,21,23,25). The maximum absolute atomic E-state index is 12.6. The van der Waals surface area contributed by atoms with Crippen LogP contribution in [0, 0.1) is 6.92 Å². The molecule has 0 fully saturated rings. The molecule has 0 radical (unpaired) electrons. The predicted octanol–water partition coefficient (Wildman–Crippen LogP) is 3.21. The first-order chi connectivity index (χ1) is 13.3. The quantitative estimate of drug-likeness (QED) is 0.821. The summed E-state index contributed by atoms with van der Waals surface area (Å²) in [5.41, 5.74) is 7.17. The van der Waals surface area contributed by atoms with Crippen molar-refractivity contribution >= 4 is 21.9 Å². The van der Waals surface area contributed by atoms with Crippen molar-refractivity contribution in [2.75, 3.05) is 5.32 Å². The van der Waals surface area contributed by atoms with E-state index < -0.39 is 16.2 Å². The summed E-state index contributed by atoms with van der Waals surface area (Å²) in [6.45, 7) is 5.71. The van der Waals surface area contributed by atoms with E-state index in [2.05, 4.69) is 21.2 Å². The number of aryl methyl sites for hydroxylation is 3. The van der Waals surface area contributed by atoms with E-state index in [9.17, 15) is 13.2 Å². The number of benzene rings is 1. The lowest BCUT2D eigenvalue weighted by molar-refractivity contribution is 0.256. The third-order valence-electron chi connectivity index (χ3n) is 5.64. The number of nitrogens with one attached hydrogen (secondary N) is 2. The van der Waals surface area contributed by atoms with Gasteiger partial charge in [-0.15, -0.1) is 4.09 Å². The molecule has 2 N–H and O–H groups in total. The Kier molecular flexibility index (Phi) is 4.69. The molecule has 2 amide bonds. The first kappa shape index (κ1) is 19.0. The highest BCUT2D eigenvalue weighted by Gasteiger charge is 2.27. The number of rotatable bonds is 4. The van der Waals surface area contributed by atoms with Crippen molar-refractivity contribution in [3.8, 4) is 0 Å². The molecule has 0 saturated carbocycles. The number of amides is 2. The summed E-state index contributed by atoms with van der Waals surface area (Å²) in [5.74, 6) is 0.0970. The lowest BCUT2D eigenvalue weighted by Gasteiger charge is -2.16. The molecular weight excluding hydrogens is 376 g/mol. The zero-order valence-electron chi connectivity index (χ0n) is 16.5. The van der Waals surface area contributed by atoms with Crippen molar-refractivity contribution in [2.45, 2.75) is 65.2 Å². The molecule has 2 aromatic rings. The SMILES string of the molecule is Cc1cn(S(=O)(=O)NC(=O)Nc2c3c(cc4c2CCC4)CCC3)nc1C(C)C. The van der Waals surface area contributed by atoms with Gasteiger partial charge in [0.05, 0.1) is 5.69 Å². The number of carbonyl (C=O) groups excluding carboxylic acids is 1. The summed E-state index contributed by atoms with van der Waals surface area (Å²) in [6, 6.07) is 1.53. The fourth-order valence-electron chi connectivity index (χ4n) is 4.41. The molecule has 0 saturated heterocycles. The molecule has 150 valence electrons. The summed E-state index contributed by atoms with van der Waals surface area (Å²) < 4.78 is 28.2. The average Bonchev–Trinajstić information content (AvgIpc) is 3.32. The van der Waals surface area contributed by atoms with E-state index in [1.54, 1.807) is 0 Å². The molecule has 1 aromatic heterocycles. The monoisotopic (exact) mass is 402 g/mol. The van der Waals surface area contributed by atoms with Crippen LogP contribution >= 0.6 is 0 Å². The zero-order valence-corrected chi connectivity index (χ0v) is 17.3. The molecule has 0 spiro atoms. The Morgan fingerprint density at radius 2 is 1.71 bits per heavy atom. The van der Waals surface area contributed by atoms with Gasteiger partial charge in [0.2, 0.25) is 0 Å². The van der Waals surface area contributed by atoms with Crippen molar-refractivity contribution in [1.82, 2.24) is 13.9 Å². The Hall–Kier alpha value is -2.35. The maximum atomic E-state index is 12.6. The Labute approximate surface area is 165 Å². The topological polar surface area (TPSA) is 93.1 Å². The predicted molar refractivity (Wildman–Crippen MR) is 108 cm³/mol. The normalized spacial score (nSPS) is 15.6. The number of carbonyl (C=O) groups is 1. The molecule has 2 aliphatic rings. The van der Waals surface area contributed by atoms with Crippen LogP contribution in [0.3, 0.4) is 0 Å². The van der Waals surface area contributed by atoms with Crippen LogP contribution in [0.1, 0.15) is 66.1 Å². The van der Waals surface area contributed by atoms with Crippen LogP contribution in [0.25, 0.3) is 0 Å². The fourth-order valence-corrected chi connectivity index (χ4v) is 5.28. The lowest BCUT2D eigenvalue weighted by Crippen LogP contribution is -2.38. The highest BCUT2D eigenvalue weighted by Crippen LogP contribution is 2.38. The van der Waals surface area contributed by atoms with Gasteiger partial charge >= 0.3 is 16.2 Å². The average molecular weight is 403 g/mol. The van der Waals surface area contributed by atoms with Crippen LogP contribution in [-0.4, -0.2) is 23.6 Å². The van der Waals surface area contributed by atoms with E-state index in [4.69, 9.17) is 0 Å². The van der Waals surface area contributed by atoms with Gasteiger partial charge in [-0.05, 0) is 79.2 Å². The fraction of sp³-hybridized carbons (Fsp3) is 0.500. The van der Waals surface area contributed by atoms with Gasteiger partial charge in [0.15, 0.2) is 0 Å². The summed E-state index contributed by atoms with van der Waals surface area (Å²) in [5, 5.41) is 6.99. The molecule has 2 aliphatic carbocycles. The van der Waals surface area contributed by atoms with Crippen LogP contribution < -0.4 is 10.0 Å². The molecule has 0 bridgehead atoms. The van der Waals surface area contributed by atoms with Crippen LogP contribution in [-0.2, 0) is 35.9 Å². The molecular formula is C20H26N4O3S. The third-order valence-corrected chi connectivity index (χ3v) is 6.76. The number of hydrogen-bond acceptors (Lipinski definition) is 4. The number of nitrogens with zero attached hydrogens (tertiary/aromatic N) is 2. The second-order valence-electron chi connectivity index (χ2n) is 8.02. The second-order valence-corrected chi connectivity index (χ2v) is 9.55. The number of fused-ring (bicyclic) bond motifs is 2. The second kappa shape index (κ2) is 6.92. The highest BCUT2D eigenvalue weighted by molar-refractivity contribution is 7.88. The number of urea groups is 1. The van der Waals surface area contributed by atoms with E-state index in [1.165, 1.54) is 17.3 Å². The van der Waals surface area contributed by atoms with Gasteiger partial charge < -0.3 is 5.32 Å². The third kappa shape index (κ3) is 3.30. The van der Waals surface area contributed by atoms with Gasteiger partial charge in [0.25, 0.3) is 0 Å². The van der Waals surface area contributed by atoms with Gasteiger partial charge in [-0.25, -0.2) is 9.52 Å². The Balaban J connectivity index is 1.58. The summed E-state index contributed by atoms with van der Waals surface area (Å²) >= 11 is 0. The Morgan fingerprint density at radius 3 is 2.25 bits per heavy atom. The van der Waals surface area contributed by atoms with Gasteiger partial charge in [0.1, 0.15) is 0 Å². The molecule has 1 aromatic carbocycles. The molecule has 7 nitrogen and oxygen atoms in total. The minimum Gasteiger partial charge on any atom is -0.307 e. The molecule has 8 heteroatoms. The maximum Gasteiger partial charge on any atom is 0.346 e. The lowest BCUT2D eigenvalue weighted by atomic mass is 9.99. The minimum absolute atomic E-state index is 0.0970. The molecule has 28 heavy (non-hydrogen) atoms. The van der Waals surface area contributed by atoms with Gasteiger partial charge in [-0.3, -0.25) is 0 Å². The van der Waals surface area contributed by atoms with Gasteiger partial charge in [-0.1, -0.05) is 19.9 Å². The number of aromatic nitrogens is 2. The summed E-state index contributed by atoms with van der Waals surface area (Å²) in [6.07, 6.45) is 7.43. The van der Waals surface area contributed by atoms with Crippen molar-refractivity contribution in [2.24, 2.45) is 0 Å². The van der Waals surface area contributed by atoms with Crippen molar-refractivity contribution in [3.63, 3.8) is 0 Å². The van der Waals surface area contributed by atoms with Crippen LogP contribution in [0.15, 0.2) is 12.3 Å². The van der Waals surface area contributed by atoms with Crippen LogP contribution in [0.5, 0.6) is 0 Å². The van der Waals surface area contributed by atoms with Gasteiger partial charge in [-0.2, -0.15) is 13.5 Å². The molecule has 0 unspecified atom stereocenters. The molecule has 4 rings (SSSR count). The van der Waals surface area contributed by atoms with E-state index >= 15 is 0 Å². The summed E-state index contributed by atoms with van der Waals surface area (Å²) in [7, 11) is -4.10. The smallest absolute Gasteiger partial charge is 0.307 e. The Morgan fingerprint density at radius 1 is 1.11 bits per heavy atom. The van der Waals surface area contributed by atoms with Crippen molar-refractivity contribution < 1.29 is 13.2 Å². The molecule has 0 aliphatic heterocycles. The molecule has 0 atom stereocenters. The van der Waals surface area contributed by atoms with E-state index in [0.717, 1.165) is 65.0 Å². The zero-order chi connectivity index (χ0) is 20.1. The Bertz CT molecular complexity index is 1020. The summed E-state index contributed by atoms with van der Waals surface area (Å²) in [4.78, 5) is 12.6. The van der Waals surface area contributed by atoms with Crippen LogP contribution in [0.4, 0.5) is 10.5 Å². The highest BCUT2D eigenvalue weighted by atomic mass is 32.2. The first-order valence-corrected chi connectivity index (χ1v) is 11.3. The van der Waals surface area contributed by atoms with E-state index in [0.29, 0.717) is 5.69 Å². The van der Waals surface area contributed by atoms with Gasteiger partial charge in [0, 0.05) is 11.9 Å². The van der Waals surface area contributed by atoms with Crippen molar-refractivity contribution in [3.05, 3.63) is 45.8 Å². The number of anilines is 1. The number of hydrogen-bond donors (Lipinski definition) is 2. The molecule has 1 heterocycles. The largest absolute Gasteiger partial charge is 0.346 e. The van der Waals surface area contributed by atoms with E-state index in [1.807, 2.05) is 20.8 Å². The van der Waals surface area contributed by atoms with E-state index in [-0.39, 0.29) is 5.92 Å². The van der Waals surface area contributed by atoms with Crippen LogP contribution in [0.2, 0.25) is 0 Å².